The molecule has 1 unspecified atom stereocenters. The SMILES string of the molecule is Cl.NCC(NC(=O)c1cn[nH]c1-c1ccccc1Cl)C1CC1. The fraction of sp³-hybridized carbons (Fsp3) is 0.333. The number of aromatic nitrogens is 2. The molecule has 1 saturated carbocycles. The third-order valence-electron chi connectivity index (χ3n) is 3.79. The van der Waals surface area contributed by atoms with E-state index in [1.807, 2.05) is 18.2 Å². The van der Waals surface area contributed by atoms with Crippen LogP contribution in [0.2, 0.25) is 5.02 Å². The highest BCUT2D eigenvalue weighted by Gasteiger charge is 2.32. The molecule has 1 atom stereocenters. The van der Waals surface area contributed by atoms with E-state index in [4.69, 9.17) is 17.3 Å². The normalized spacial score (nSPS) is 15.0. The summed E-state index contributed by atoms with van der Waals surface area (Å²) >= 11 is 6.19. The lowest BCUT2D eigenvalue weighted by atomic mass is 10.1. The van der Waals surface area contributed by atoms with E-state index < -0.39 is 0 Å². The average Bonchev–Trinajstić information content (AvgIpc) is 3.21. The van der Waals surface area contributed by atoms with E-state index in [1.165, 1.54) is 6.20 Å². The van der Waals surface area contributed by atoms with E-state index in [2.05, 4.69) is 15.5 Å². The summed E-state index contributed by atoms with van der Waals surface area (Å²) in [5.74, 6) is 0.343. The Labute approximate surface area is 140 Å². The molecule has 1 fully saturated rings. The van der Waals surface area contributed by atoms with Gasteiger partial charge in [-0.2, -0.15) is 5.10 Å². The number of hydrogen-bond acceptors (Lipinski definition) is 3. The van der Waals surface area contributed by atoms with Gasteiger partial charge in [0, 0.05) is 23.2 Å². The van der Waals surface area contributed by atoms with Crippen LogP contribution in [0, 0.1) is 5.92 Å². The van der Waals surface area contributed by atoms with Crippen LogP contribution in [-0.2, 0) is 0 Å². The number of benzene rings is 1. The zero-order valence-electron chi connectivity index (χ0n) is 11.9. The van der Waals surface area contributed by atoms with Gasteiger partial charge in [0.15, 0.2) is 0 Å². The summed E-state index contributed by atoms with van der Waals surface area (Å²) < 4.78 is 0. The van der Waals surface area contributed by atoms with Crippen molar-refractivity contribution in [2.75, 3.05) is 6.54 Å². The van der Waals surface area contributed by atoms with Crippen LogP contribution in [0.3, 0.4) is 0 Å². The second-order valence-electron chi connectivity index (χ2n) is 5.29. The second kappa shape index (κ2) is 7.13. The third kappa shape index (κ3) is 3.43. The van der Waals surface area contributed by atoms with Gasteiger partial charge in [0.25, 0.3) is 5.91 Å². The Hall–Kier alpha value is -1.56. The predicted octanol–water partition coefficient (Wildman–Crippen LogP) is 2.62. The predicted molar refractivity (Wildman–Crippen MR) is 89.3 cm³/mol. The van der Waals surface area contributed by atoms with Gasteiger partial charge in [-0.1, -0.05) is 29.8 Å². The number of halogens is 2. The van der Waals surface area contributed by atoms with Crippen molar-refractivity contribution in [3.05, 3.63) is 41.0 Å². The lowest BCUT2D eigenvalue weighted by Crippen LogP contribution is -2.41. The van der Waals surface area contributed by atoms with E-state index >= 15 is 0 Å². The van der Waals surface area contributed by atoms with Gasteiger partial charge in [0.05, 0.1) is 17.5 Å². The molecule has 7 heteroatoms. The Morgan fingerprint density at radius 2 is 2.18 bits per heavy atom. The largest absolute Gasteiger partial charge is 0.348 e. The number of aromatic amines is 1. The van der Waals surface area contributed by atoms with Crippen molar-refractivity contribution >= 4 is 29.9 Å². The molecule has 22 heavy (non-hydrogen) atoms. The van der Waals surface area contributed by atoms with Crippen molar-refractivity contribution in [2.45, 2.75) is 18.9 Å². The first kappa shape index (κ1) is 16.8. The number of nitrogens with zero attached hydrogens (tertiary/aromatic N) is 1. The van der Waals surface area contributed by atoms with Gasteiger partial charge in [-0.3, -0.25) is 9.89 Å². The zero-order valence-corrected chi connectivity index (χ0v) is 13.5. The van der Waals surface area contributed by atoms with Crippen molar-refractivity contribution in [1.29, 1.82) is 0 Å². The van der Waals surface area contributed by atoms with Crippen LogP contribution in [0.15, 0.2) is 30.5 Å². The molecule has 4 N–H and O–H groups in total. The fourth-order valence-electron chi connectivity index (χ4n) is 2.44. The first-order valence-corrected chi connectivity index (χ1v) is 7.37. The molecule has 0 radical (unpaired) electrons. The Bertz CT molecular complexity index is 654. The number of nitrogens with one attached hydrogen (secondary N) is 2. The number of carbonyl (C=O) groups excluding carboxylic acids is 1. The maximum absolute atomic E-state index is 12.4. The molecule has 0 spiro atoms. The number of nitrogens with two attached hydrogens (primary N) is 1. The van der Waals surface area contributed by atoms with E-state index in [0.717, 1.165) is 18.4 Å². The summed E-state index contributed by atoms with van der Waals surface area (Å²) in [6.45, 7) is 0.454. The minimum absolute atomic E-state index is 0. The number of rotatable bonds is 5. The maximum Gasteiger partial charge on any atom is 0.255 e. The molecule has 1 aromatic carbocycles. The van der Waals surface area contributed by atoms with Gasteiger partial charge in [0.2, 0.25) is 0 Å². The second-order valence-corrected chi connectivity index (χ2v) is 5.70. The fourth-order valence-corrected chi connectivity index (χ4v) is 2.67. The lowest BCUT2D eigenvalue weighted by molar-refractivity contribution is 0.0934. The minimum atomic E-state index is -0.166. The van der Waals surface area contributed by atoms with Crippen LogP contribution in [0.25, 0.3) is 11.3 Å². The van der Waals surface area contributed by atoms with Crippen molar-refractivity contribution in [3.8, 4) is 11.3 Å². The van der Waals surface area contributed by atoms with Gasteiger partial charge in [0.1, 0.15) is 0 Å². The van der Waals surface area contributed by atoms with Gasteiger partial charge >= 0.3 is 0 Å². The first-order chi connectivity index (χ1) is 10.2. The molecule has 1 heterocycles. The Kier molecular flexibility index (Phi) is 5.45. The molecule has 2 aromatic rings. The molecule has 0 aliphatic heterocycles. The molecule has 1 aliphatic rings. The van der Waals surface area contributed by atoms with Crippen LogP contribution in [0.5, 0.6) is 0 Å². The maximum atomic E-state index is 12.4. The van der Waals surface area contributed by atoms with Crippen molar-refractivity contribution in [2.24, 2.45) is 11.7 Å². The van der Waals surface area contributed by atoms with Crippen LogP contribution < -0.4 is 11.1 Å². The Balaban J connectivity index is 0.00000176. The first-order valence-electron chi connectivity index (χ1n) is 7.00. The molecule has 1 aliphatic carbocycles. The van der Waals surface area contributed by atoms with Crippen LogP contribution in [0.1, 0.15) is 23.2 Å². The highest BCUT2D eigenvalue weighted by atomic mass is 35.5. The van der Waals surface area contributed by atoms with E-state index in [9.17, 15) is 4.79 Å². The molecule has 3 rings (SSSR count). The summed E-state index contributed by atoms with van der Waals surface area (Å²) in [5, 5.41) is 10.4. The number of amides is 1. The van der Waals surface area contributed by atoms with Crippen molar-refractivity contribution in [1.82, 2.24) is 15.5 Å². The average molecular weight is 341 g/mol. The summed E-state index contributed by atoms with van der Waals surface area (Å²) in [7, 11) is 0. The monoisotopic (exact) mass is 340 g/mol. The highest BCUT2D eigenvalue weighted by molar-refractivity contribution is 6.33. The number of carbonyl (C=O) groups is 1. The highest BCUT2D eigenvalue weighted by Crippen LogP contribution is 2.33. The minimum Gasteiger partial charge on any atom is -0.348 e. The van der Waals surface area contributed by atoms with Gasteiger partial charge in [-0.15, -0.1) is 12.4 Å². The van der Waals surface area contributed by atoms with Crippen molar-refractivity contribution < 1.29 is 4.79 Å². The molecule has 1 amide bonds. The Morgan fingerprint density at radius 3 is 2.82 bits per heavy atom. The summed E-state index contributed by atoms with van der Waals surface area (Å²) in [5.41, 5.74) is 7.61. The molecule has 0 bridgehead atoms. The van der Waals surface area contributed by atoms with Crippen molar-refractivity contribution in [3.63, 3.8) is 0 Å². The van der Waals surface area contributed by atoms with E-state index in [1.54, 1.807) is 6.07 Å². The molecule has 118 valence electrons. The Morgan fingerprint density at radius 1 is 1.45 bits per heavy atom. The van der Waals surface area contributed by atoms with Gasteiger partial charge < -0.3 is 11.1 Å². The number of hydrogen-bond donors (Lipinski definition) is 3. The smallest absolute Gasteiger partial charge is 0.255 e. The lowest BCUT2D eigenvalue weighted by Gasteiger charge is -2.16. The standard InChI is InChI=1S/C15H17ClN4O.ClH/c16-12-4-2-1-3-10(12)14-11(8-18-20-14)15(21)19-13(7-17)9-5-6-9;/h1-4,8-9,13H,5-7,17H2,(H,18,20)(H,19,21);1H. The van der Waals surface area contributed by atoms with Crippen LogP contribution in [0.4, 0.5) is 0 Å². The summed E-state index contributed by atoms with van der Waals surface area (Å²) in [4.78, 5) is 12.4. The topological polar surface area (TPSA) is 83.8 Å². The van der Waals surface area contributed by atoms with Gasteiger partial charge in [-0.05, 0) is 24.8 Å². The summed E-state index contributed by atoms with van der Waals surface area (Å²) in [6.07, 6.45) is 3.78. The summed E-state index contributed by atoms with van der Waals surface area (Å²) in [6, 6.07) is 7.39. The molecule has 0 saturated heterocycles. The van der Waals surface area contributed by atoms with E-state index in [0.29, 0.717) is 28.7 Å². The molecular weight excluding hydrogens is 323 g/mol. The van der Waals surface area contributed by atoms with Crippen LogP contribution in [-0.4, -0.2) is 28.7 Å². The van der Waals surface area contributed by atoms with Crippen LogP contribution >= 0.6 is 24.0 Å². The van der Waals surface area contributed by atoms with E-state index in [-0.39, 0.29) is 24.4 Å². The molecule has 5 nitrogen and oxygen atoms in total. The third-order valence-corrected chi connectivity index (χ3v) is 4.12. The number of H-pyrrole nitrogens is 1. The van der Waals surface area contributed by atoms with Gasteiger partial charge in [-0.25, -0.2) is 0 Å². The molecule has 1 aromatic heterocycles. The zero-order chi connectivity index (χ0) is 14.8. The quantitative estimate of drug-likeness (QED) is 0.782. The molecular formula is C15H18Cl2N4O.